The average molecular weight is 336 g/mol. The van der Waals surface area contributed by atoms with Crippen molar-refractivity contribution in [2.24, 2.45) is 0 Å². The van der Waals surface area contributed by atoms with Crippen LogP contribution in [-0.2, 0) is 10.2 Å². The summed E-state index contributed by atoms with van der Waals surface area (Å²) in [5, 5.41) is 5.90. The summed E-state index contributed by atoms with van der Waals surface area (Å²) in [6.07, 6.45) is 3.33. The molecule has 0 atom stereocenters. The highest BCUT2D eigenvalue weighted by Gasteiger charge is 2.44. The Morgan fingerprint density at radius 1 is 0.880 bits per heavy atom. The number of hydrogen-bond donors (Lipinski definition) is 2. The van der Waals surface area contributed by atoms with E-state index in [2.05, 4.69) is 22.8 Å². The van der Waals surface area contributed by atoms with Crippen molar-refractivity contribution >= 4 is 11.8 Å². The van der Waals surface area contributed by atoms with Crippen LogP contribution in [0.3, 0.4) is 0 Å². The molecule has 0 aromatic heterocycles. The third-order valence-corrected chi connectivity index (χ3v) is 4.77. The highest BCUT2D eigenvalue weighted by atomic mass is 16.2. The van der Waals surface area contributed by atoms with Gasteiger partial charge in [-0.05, 0) is 37.0 Å². The summed E-state index contributed by atoms with van der Waals surface area (Å²) >= 11 is 0. The molecule has 0 heterocycles. The van der Waals surface area contributed by atoms with Gasteiger partial charge < -0.3 is 10.6 Å². The van der Waals surface area contributed by atoms with Crippen molar-refractivity contribution in [3.8, 4) is 0 Å². The Balaban J connectivity index is 1.34. The molecule has 0 bridgehead atoms. The third kappa shape index (κ3) is 4.69. The van der Waals surface area contributed by atoms with Crippen LogP contribution in [0.25, 0.3) is 0 Å². The van der Waals surface area contributed by atoms with Crippen molar-refractivity contribution in [3.63, 3.8) is 0 Å². The van der Waals surface area contributed by atoms with E-state index in [1.165, 1.54) is 5.56 Å². The molecule has 1 saturated carbocycles. The molecule has 0 unspecified atom stereocenters. The van der Waals surface area contributed by atoms with Crippen LogP contribution in [0.1, 0.15) is 41.6 Å². The number of carbonyl (C=O) groups is 2. The molecule has 2 aromatic rings. The fraction of sp³-hybridized carbons (Fsp3) is 0.333. The Bertz CT molecular complexity index is 709. The Morgan fingerprint density at radius 3 is 2.16 bits per heavy atom. The van der Waals surface area contributed by atoms with Crippen molar-refractivity contribution in [2.75, 3.05) is 13.1 Å². The van der Waals surface area contributed by atoms with Gasteiger partial charge in [0.25, 0.3) is 5.91 Å². The van der Waals surface area contributed by atoms with Crippen molar-refractivity contribution in [1.82, 2.24) is 10.6 Å². The molecule has 0 aliphatic heterocycles. The normalized spacial score (nSPS) is 14.6. The lowest BCUT2D eigenvalue weighted by atomic mass is 9.96. The van der Waals surface area contributed by atoms with E-state index in [9.17, 15) is 9.59 Å². The van der Waals surface area contributed by atoms with Crippen LogP contribution < -0.4 is 10.6 Å². The number of hydrogen-bond acceptors (Lipinski definition) is 2. The van der Waals surface area contributed by atoms with Crippen LogP contribution in [0.5, 0.6) is 0 Å². The second-order valence-corrected chi connectivity index (χ2v) is 6.65. The second-order valence-electron chi connectivity index (χ2n) is 6.65. The monoisotopic (exact) mass is 336 g/mol. The Kier molecular flexibility index (Phi) is 5.49. The first-order valence-corrected chi connectivity index (χ1v) is 8.85. The maximum absolute atomic E-state index is 12.0. The summed E-state index contributed by atoms with van der Waals surface area (Å²) < 4.78 is 0. The maximum Gasteiger partial charge on any atom is 0.251 e. The highest BCUT2D eigenvalue weighted by molar-refractivity contribution is 5.94. The zero-order valence-corrected chi connectivity index (χ0v) is 14.3. The Morgan fingerprint density at radius 2 is 1.52 bits per heavy atom. The Hall–Kier alpha value is -2.62. The minimum atomic E-state index is -0.0954. The first-order valence-electron chi connectivity index (χ1n) is 8.85. The zero-order valence-electron chi connectivity index (χ0n) is 14.3. The summed E-state index contributed by atoms with van der Waals surface area (Å²) in [6, 6.07) is 19.5. The van der Waals surface area contributed by atoms with Crippen molar-refractivity contribution in [1.29, 1.82) is 0 Å². The molecule has 4 heteroatoms. The lowest BCUT2D eigenvalue weighted by Gasteiger charge is -2.16. The molecule has 0 saturated heterocycles. The number of carbonyl (C=O) groups excluding carboxylic acids is 2. The molecule has 0 spiro atoms. The zero-order chi connectivity index (χ0) is 17.5. The lowest BCUT2D eigenvalue weighted by Crippen LogP contribution is -2.33. The first kappa shape index (κ1) is 17.2. The van der Waals surface area contributed by atoms with E-state index in [-0.39, 0.29) is 17.2 Å². The van der Waals surface area contributed by atoms with Gasteiger partial charge in [-0.15, -0.1) is 0 Å². The van der Waals surface area contributed by atoms with Crippen molar-refractivity contribution < 1.29 is 9.59 Å². The summed E-state index contributed by atoms with van der Waals surface area (Å²) in [5.74, 6) is -0.0433. The minimum Gasteiger partial charge on any atom is -0.355 e. The van der Waals surface area contributed by atoms with E-state index < -0.39 is 0 Å². The van der Waals surface area contributed by atoms with Crippen LogP contribution in [0.2, 0.25) is 0 Å². The number of amides is 2. The van der Waals surface area contributed by atoms with E-state index in [0.717, 1.165) is 12.8 Å². The Labute approximate surface area is 148 Å². The number of nitrogens with one attached hydrogen (secondary N) is 2. The van der Waals surface area contributed by atoms with Crippen LogP contribution in [0.4, 0.5) is 0 Å². The molecular weight excluding hydrogens is 312 g/mol. The summed E-state index contributed by atoms with van der Waals surface area (Å²) in [7, 11) is 0. The van der Waals surface area contributed by atoms with Gasteiger partial charge in [0.1, 0.15) is 0 Å². The predicted molar refractivity (Wildman–Crippen MR) is 98.4 cm³/mol. The van der Waals surface area contributed by atoms with Gasteiger partial charge in [-0.1, -0.05) is 48.5 Å². The predicted octanol–water partition coefficient (Wildman–Crippen LogP) is 3.04. The fourth-order valence-corrected chi connectivity index (χ4v) is 3.01. The van der Waals surface area contributed by atoms with Crippen molar-refractivity contribution in [2.45, 2.75) is 31.1 Å². The topological polar surface area (TPSA) is 58.2 Å². The molecule has 3 rings (SSSR count). The molecule has 1 aliphatic carbocycles. The van der Waals surface area contributed by atoms with E-state index in [4.69, 9.17) is 0 Å². The van der Waals surface area contributed by atoms with Gasteiger partial charge in [0.05, 0.1) is 0 Å². The molecule has 2 N–H and O–H groups in total. The van der Waals surface area contributed by atoms with E-state index in [1.807, 2.05) is 36.4 Å². The molecule has 2 aromatic carbocycles. The SMILES string of the molecule is O=C(CCCNC(=O)c1ccccc1)NCC1(c2ccccc2)CC1. The van der Waals surface area contributed by atoms with E-state index in [1.54, 1.807) is 12.1 Å². The van der Waals surface area contributed by atoms with E-state index >= 15 is 0 Å². The van der Waals surface area contributed by atoms with Gasteiger partial charge in [0.2, 0.25) is 5.91 Å². The van der Waals surface area contributed by atoms with Crippen molar-refractivity contribution in [3.05, 3.63) is 71.8 Å². The van der Waals surface area contributed by atoms with E-state index in [0.29, 0.717) is 31.5 Å². The largest absolute Gasteiger partial charge is 0.355 e. The van der Waals surface area contributed by atoms with Gasteiger partial charge in [0.15, 0.2) is 0 Å². The smallest absolute Gasteiger partial charge is 0.251 e. The molecular formula is C21H24N2O2. The van der Waals surface area contributed by atoms with Gasteiger partial charge in [-0.2, -0.15) is 0 Å². The fourth-order valence-electron chi connectivity index (χ4n) is 3.01. The molecule has 2 amide bonds. The van der Waals surface area contributed by atoms with Crippen LogP contribution in [-0.4, -0.2) is 24.9 Å². The van der Waals surface area contributed by atoms with Crippen LogP contribution in [0, 0.1) is 0 Å². The summed E-state index contributed by atoms with van der Waals surface area (Å²) in [6.45, 7) is 1.21. The van der Waals surface area contributed by atoms with Gasteiger partial charge in [-0.3, -0.25) is 9.59 Å². The highest BCUT2D eigenvalue weighted by Crippen LogP contribution is 2.47. The standard InChI is InChI=1S/C21H24N2O2/c24-19(12-7-15-22-20(25)17-8-3-1-4-9-17)23-16-21(13-14-21)18-10-5-2-6-11-18/h1-6,8-11H,7,12-16H2,(H,22,25)(H,23,24). The number of rotatable bonds is 8. The summed E-state index contributed by atoms with van der Waals surface area (Å²) in [4.78, 5) is 23.9. The van der Waals surface area contributed by atoms with Crippen LogP contribution >= 0.6 is 0 Å². The molecule has 1 aliphatic rings. The number of benzene rings is 2. The van der Waals surface area contributed by atoms with Crippen LogP contribution in [0.15, 0.2) is 60.7 Å². The molecule has 0 radical (unpaired) electrons. The quantitative estimate of drug-likeness (QED) is 0.728. The molecule has 130 valence electrons. The first-order chi connectivity index (χ1) is 12.2. The van der Waals surface area contributed by atoms with Gasteiger partial charge >= 0.3 is 0 Å². The molecule has 1 fully saturated rings. The lowest BCUT2D eigenvalue weighted by molar-refractivity contribution is -0.121. The third-order valence-electron chi connectivity index (χ3n) is 4.77. The minimum absolute atomic E-state index is 0.0520. The van der Waals surface area contributed by atoms with Gasteiger partial charge in [-0.25, -0.2) is 0 Å². The summed E-state index contributed by atoms with van der Waals surface area (Å²) in [5.41, 5.74) is 2.09. The molecule has 25 heavy (non-hydrogen) atoms. The van der Waals surface area contributed by atoms with Gasteiger partial charge in [0, 0.05) is 30.5 Å². The maximum atomic E-state index is 12.0. The second kappa shape index (κ2) is 7.97. The average Bonchev–Trinajstić information content (AvgIpc) is 3.46. The molecule has 4 nitrogen and oxygen atoms in total.